The van der Waals surface area contributed by atoms with Gasteiger partial charge in [0.1, 0.15) is 12.4 Å². The van der Waals surface area contributed by atoms with E-state index < -0.39 is 6.10 Å². The number of benzene rings is 1. The summed E-state index contributed by atoms with van der Waals surface area (Å²) in [4.78, 5) is 28.5. The number of aryl methyl sites for hydroxylation is 3. The van der Waals surface area contributed by atoms with E-state index in [2.05, 4.69) is 42.6 Å². The van der Waals surface area contributed by atoms with E-state index in [1.807, 2.05) is 0 Å². The lowest BCUT2D eigenvalue weighted by molar-refractivity contribution is -0.140. The number of anilines is 1. The van der Waals surface area contributed by atoms with Gasteiger partial charge in [-0.15, -0.1) is 0 Å². The number of nitrogen functional groups attached to an aromatic ring is 1. The van der Waals surface area contributed by atoms with Crippen molar-refractivity contribution in [3.05, 3.63) is 34.1 Å². The first-order valence-corrected chi connectivity index (χ1v) is 13.4. The summed E-state index contributed by atoms with van der Waals surface area (Å²) in [6, 6.07) is 4.53. The van der Waals surface area contributed by atoms with E-state index in [4.69, 9.17) is 10.7 Å². The number of carbonyl (C=O) groups excluding carboxylic acids is 1. The highest BCUT2D eigenvalue weighted by Crippen LogP contribution is 2.39. The zero-order valence-corrected chi connectivity index (χ0v) is 21.6. The predicted octanol–water partition coefficient (Wildman–Crippen LogP) is 3.82. The van der Waals surface area contributed by atoms with Crippen LogP contribution >= 0.6 is 27.7 Å². The Hall–Kier alpha value is -2.17. The molecule has 0 saturated carbocycles. The highest BCUT2D eigenvalue weighted by molar-refractivity contribution is 9.10. The monoisotopic (exact) mass is 544 g/mol. The third-order valence-electron chi connectivity index (χ3n) is 6.92. The number of nitrogens with zero attached hydrogens (tertiary/aromatic N) is 5. The summed E-state index contributed by atoms with van der Waals surface area (Å²) in [5.41, 5.74) is 10.4. The zero-order valence-electron chi connectivity index (χ0n) is 19.2. The Balaban J connectivity index is 1.36. The summed E-state index contributed by atoms with van der Waals surface area (Å²) in [6.07, 6.45) is 6.87. The molecule has 1 aliphatic heterocycles. The van der Waals surface area contributed by atoms with E-state index in [9.17, 15) is 9.90 Å². The van der Waals surface area contributed by atoms with Gasteiger partial charge >= 0.3 is 0 Å². The molecule has 3 N–H and O–H groups in total. The largest absolute Gasteiger partial charge is 0.384 e. The van der Waals surface area contributed by atoms with Crippen LogP contribution in [0.25, 0.3) is 11.2 Å². The van der Waals surface area contributed by atoms with Crippen LogP contribution in [-0.4, -0.2) is 54.6 Å². The van der Waals surface area contributed by atoms with E-state index in [-0.39, 0.29) is 5.91 Å². The Kier molecular flexibility index (Phi) is 6.81. The number of nitrogens with two attached hydrogens (primary N) is 1. The standard InChI is InChI=1S/C24H29BrN6O2S/c1-14(32)23(33)30-8-5-15(6-9-30)7-10-31-22-20(21(26)27-13-28-22)29-24(31)34-19-12-17-4-2-3-16(17)11-18(19)25/h11-15,32H,2-10H2,1H3,(H2,26,27,28). The third kappa shape index (κ3) is 4.67. The number of amides is 1. The fourth-order valence-electron chi connectivity index (χ4n) is 4.98. The van der Waals surface area contributed by atoms with Crippen LogP contribution in [0, 0.1) is 5.92 Å². The van der Waals surface area contributed by atoms with Gasteiger partial charge in [-0.25, -0.2) is 15.0 Å². The zero-order chi connectivity index (χ0) is 23.8. The fourth-order valence-corrected chi connectivity index (χ4v) is 6.59. The number of halogens is 1. The van der Waals surface area contributed by atoms with Crippen LogP contribution in [0.4, 0.5) is 5.82 Å². The predicted molar refractivity (Wildman–Crippen MR) is 136 cm³/mol. The van der Waals surface area contributed by atoms with Crippen LogP contribution in [0.3, 0.4) is 0 Å². The highest BCUT2D eigenvalue weighted by atomic mass is 79.9. The molecule has 1 saturated heterocycles. The molecule has 1 unspecified atom stereocenters. The van der Waals surface area contributed by atoms with Crippen molar-refractivity contribution in [1.29, 1.82) is 0 Å². The summed E-state index contributed by atoms with van der Waals surface area (Å²) in [5, 5.41) is 10.4. The molecule has 10 heteroatoms. The summed E-state index contributed by atoms with van der Waals surface area (Å²) < 4.78 is 3.25. The van der Waals surface area contributed by atoms with Gasteiger partial charge in [0.2, 0.25) is 0 Å². The minimum absolute atomic E-state index is 0.176. The lowest BCUT2D eigenvalue weighted by Gasteiger charge is -2.32. The lowest BCUT2D eigenvalue weighted by atomic mass is 9.93. The molecule has 0 spiro atoms. The van der Waals surface area contributed by atoms with Gasteiger partial charge in [-0.2, -0.15) is 0 Å². The van der Waals surface area contributed by atoms with Gasteiger partial charge in [-0.05, 0) is 90.6 Å². The molecule has 3 heterocycles. The molecule has 1 atom stereocenters. The minimum atomic E-state index is -0.933. The SMILES string of the molecule is CC(O)C(=O)N1CCC(CCn2c(Sc3cc4c(cc3Br)CCC4)nc3c(N)ncnc32)CC1. The molecule has 2 aliphatic rings. The molecule has 1 aromatic carbocycles. The first-order chi connectivity index (χ1) is 16.4. The van der Waals surface area contributed by atoms with Crippen molar-refractivity contribution in [3.63, 3.8) is 0 Å². The molecular formula is C24H29BrN6O2S. The van der Waals surface area contributed by atoms with Gasteiger partial charge in [0.05, 0.1) is 0 Å². The van der Waals surface area contributed by atoms with Crippen molar-refractivity contribution >= 4 is 50.6 Å². The summed E-state index contributed by atoms with van der Waals surface area (Å²) in [7, 11) is 0. The molecule has 1 amide bonds. The second kappa shape index (κ2) is 9.83. The number of rotatable bonds is 6. The second-order valence-electron chi connectivity index (χ2n) is 9.22. The summed E-state index contributed by atoms with van der Waals surface area (Å²) >= 11 is 5.40. The molecule has 2 aromatic heterocycles. The van der Waals surface area contributed by atoms with Gasteiger partial charge in [0.15, 0.2) is 22.1 Å². The van der Waals surface area contributed by atoms with E-state index in [1.165, 1.54) is 30.8 Å². The van der Waals surface area contributed by atoms with Crippen molar-refractivity contribution in [2.24, 2.45) is 5.92 Å². The Morgan fingerprint density at radius 3 is 2.74 bits per heavy atom. The van der Waals surface area contributed by atoms with Gasteiger partial charge in [0.25, 0.3) is 5.91 Å². The Morgan fingerprint density at radius 2 is 2.00 bits per heavy atom. The summed E-state index contributed by atoms with van der Waals surface area (Å²) in [5.74, 6) is 0.715. The smallest absolute Gasteiger partial charge is 0.251 e. The van der Waals surface area contributed by atoms with Crippen LogP contribution in [0.15, 0.2) is 33.0 Å². The molecular weight excluding hydrogens is 516 g/mol. The van der Waals surface area contributed by atoms with E-state index in [0.29, 0.717) is 30.3 Å². The van der Waals surface area contributed by atoms with Crippen LogP contribution in [0.2, 0.25) is 0 Å². The van der Waals surface area contributed by atoms with Crippen molar-refractivity contribution in [1.82, 2.24) is 24.4 Å². The number of fused-ring (bicyclic) bond motifs is 2. The van der Waals surface area contributed by atoms with Crippen molar-refractivity contribution in [3.8, 4) is 0 Å². The van der Waals surface area contributed by atoms with Crippen molar-refractivity contribution in [2.75, 3.05) is 18.8 Å². The van der Waals surface area contributed by atoms with E-state index >= 15 is 0 Å². The molecule has 8 nitrogen and oxygen atoms in total. The molecule has 180 valence electrons. The average molecular weight is 546 g/mol. The molecule has 34 heavy (non-hydrogen) atoms. The van der Waals surface area contributed by atoms with Gasteiger partial charge in [-0.3, -0.25) is 4.79 Å². The molecule has 3 aromatic rings. The number of aliphatic hydroxyl groups is 1. The highest BCUT2D eigenvalue weighted by Gasteiger charge is 2.26. The number of likely N-dealkylation sites (tertiary alicyclic amines) is 1. The van der Waals surface area contributed by atoms with Crippen LogP contribution in [0.1, 0.15) is 43.7 Å². The Morgan fingerprint density at radius 1 is 1.26 bits per heavy atom. The molecule has 0 radical (unpaired) electrons. The van der Waals surface area contributed by atoms with Crippen LogP contribution in [-0.2, 0) is 24.2 Å². The first-order valence-electron chi connectivity index (χ1n) is 11.8. The Bertz CT molecular complexity index is 1220. The molecule has 1 aliphatic carbocycles. The number of imidazole rings is 1. The molecule has 1 fully saturated rings. The number of carbonyl (C=O) groups is 1. The quantitative estimate of drug-likeness (QED) is 0.485. The maximum atomic E-state index is 12.1. The second-order valence-corrected chi connectivity index (χ2v) is 11.1. The number of aliphatic hydroxyl groups excluding tert-OH is 1. The number of hydrogen-bond donors (Lipinski definition) is 2. The normalized spacial score (nSPS) is 17.3. The number of hydrogen-bond acceptors (Lipinski definition) is 7. The number of aromatic nitrogens is 4. The van der Waals surface area contributed by atoms with Crippen LogP contribution < -0.4 is 5.73 Å². The Labute approximate surface area is 211 Å². The lowest BCUT2D eigenvalue weighted by Crippen LogP contribution is -2.43. The van der Waals surface area contributed by atoms with Gasteiger partial charge < -0.3 is 20.3 Å². The van der Waals surface area contributed by atoms with Crippen molar-refractivity contribution < 1.29 is 9.90 Å². The van der Waals surface area contributed by atoms with E-state index in [1.54, 1.807) is 16.7 Å². The average Bonchev–Trinajstić information content (AvgIpc) is 3.42. The third-order valence-corrected chi connectivity index (χ3v) is 8.89. The summed E-state index contributed by atoms with van der Waals surface area (Å²) in [6.45, 7) is 3.69. The maximum absolute atomic E-state index is 12.1. The molecule has 5 rings (SSSR count). The van der Waals surface area contributed by atoms with E-state index in [0.717, 1.165) is 58.8 Å². The maximum Gasteiger partial charge on any atom is 0.251 e. The fraction of sp³-hybridized carbons (Fsp3) is 0.500. The number of piperidine rings is 1. The minimum Gasteiger partial charge on any atom is -0.384 e. The topological polar surface area (TPSA) is 110 Å². The first kappa shape index (κ1) is 23.6. The van der Waals surface area contributed by atoms with Crippen molar-refractivity contribution in [2.45, 2.75) is 68.1 Å². The van der Waals surface area contributed by atoms with Gasteiger partial charge in [-0.1, -0.05) is 11.8 Å². The van der Waals surface area contributed by atoms with Crippen LogP contribution in [0.5, 0.6) is 0 Å². The van der Waals surface area contributed by atoms with Gasteiger partial charge in [0, 0.05) is 29.0 Å². The molecule has 0 bridgehead atoms.